The molecule has 0 atom stereocenters. The van der Waals surface area contributed by atoms with E-state index in [4.69, 9.17) is 5.73 Å². The molecule has 4 nitrogen and oxygen atoms in total. The Morgan fingerprint density at radius 1 is 1.40 bits per heavy atom. The van der Waals surface area contributed by atoms with Gasteiger partial charge in [-0.2, -0.15) is 9.36 Å². The quantitative estimate of drug-likeness (QED) is 0.835. The van der Waals surface area contributed by atoms with Crippen LogP contribution in [0.15, 0.2) is 24.3 Å². The predicted molar refractivity (Wildman–Crippen MR) is 58.0 cm³/mol. The smallest absolute Gasteiger partial charge is 0.233 e. The summed E-state index contributed by atoms with van der Waals surface area (Å²) in [6.45, 7) is 0.376. The first-order valence-corrected chi connectivity index (χ1v) is 5.09. The van der Waals surface area contributed by atoms with E-state index < -0.39 is 0 Å². The average Bonchev–Trinajstić information content (AvgIpc) is 2.63. The molecule has 0 bridgehead atoms. The van der Waals surface area contributed by atoms with Crippen molar-refractivity contribution in [3.05, 3.63) is 35.6 Å². The molecule has 0 aliphatic heterocycles. The third-order valence-electron chi connectivity index (χ3n) is 1.83. The fraction of sp³-hybridized carbons (Fsp3) is 0.111. The number of benzene rings is 1. The van der Waals surface area contributed by atoms with E-state index in [-0.39, 0.29) is 11.8 Å². The Hall–Kier alpha value is -1.69. The van der Waals surface area contributed by atoms with Crippen LogP contribution in [0.3, 0.4) is 0 Å². The highest BCUT2D eigenvalue weighted by Gasteiger charge is 2.02. The maximum absolute atomic E-state index is 13.2. The summed E-state index contributed by atoms with van der Waals surface area (Å²) in [5.41, 5.74) is 5.94. The Morgan fingerprint density at radius 2 is 2.20 bits per heavy atom. The fourth-order valence-corrected chi connectivity index (χ4v) is 1.61. The van der Waals surface area contributed by atoms with E-state index in [2.05, 4.69) is 14.7 Å². The fourth-order valence-electron chi connectivity index (χ4n) is 1.12. The van der Waals surface area contributed by atoms with Crippen LogP contribution in [-0.4, -0.2) is 9.36 Å². The monoisotopic (exact) mass is 224 g/mol. The highest BCUT2D eigenvalue weighted by Crippen LogP contribution is 2.14. The van der Waals surface area contributed by atoms with Crippen LogP contribution in [0.5, 0.6) is 0 Å². The standard InChI is InChI=1S/C9H9FN4S/c10-7-4-2-1-3-6(7)5-12-9-13-8(11)14-15-9/h1-4H,5H2,(H3,11,12,13,14). The van der Waals surface area contributed by atoms with Crippen LogP contribution in [0.25, 0.3) is 0 Å². The lowest BCUT2D eigenvalue weighted by atomic mass is 10.2. The molecule has 78 valence electrons. The lowest BCUT2D eigenvalue weighted by molar-refractivity contribution is 0.613. The molecule has 0 aliphatic rings. The van der Waals surface area contributed by atoms with Gasteiger partial charge in [0, 0.05) is 23.6 Å². The summed E-state index contributed by atoms with van der Waals surface area (Å²) < 4.78 is 17.0. The van der Waals surface area contributed by atoms with Crippen LogP contribution in [-0.2, 0) is 6.54 Å². The van der Waals surface area contributed by atoms with Crippen molar-refractivity contribution in [1.82, 2.24) is 9.36 Å². The number of hydrogen-bond acceptors (Lipinski definition) is 5. The summed E-state index contributed by atoms with van der Waals surface area (Å²) in [7, 11) is 0. The van der Waals surface area contributed by atoms with E-state index in [1.165, 1.54) is 6.07 Å². The van der Waals surface area contributed by atoms with Crippen molar-refractivity contribution in [2.75, 3.05) is 11.1 Å². The van der Waals surface area contributed by atoms with Gasteiger partial charge < -0.3 is 11.1 Å². The van der Waals surface area contributed by atoms with Crippen molar-refractivity contribution in [3.8, 4) is 0 Å². The summed E-state index contributed by atoms with van der Waals surface area (Å²) in [5.74, 6) is -0.00137. The van der Waals surface area contributed by atoms with E-state index in [0.29, 0.717) is 17.2 Å². The summed E-state index contributed by atoms with van der Waals surface area (Å²) in [5, 5.41) is 3.54. The minimum absolute atomic E-state index is 0.232. The number of aromatic nitrogens is 2. The molecule has 6 heteroatoms. The summed E-state index contributed by atoms with van der Waals surface area (Å²) >= 11 is 1.15. The molecule has 15 heavy (non-hydrogen) atoms. The zero-order valence-corrected chi connectivity index (χ0v) is 8.59. The normalized spacial score (nSPS) is 10.2. The largest absolute Gasteiger partial charge is 0.367 e. The van der Waals surface area contributed by atoms with E-state index >= 15 is 0 Å². The zero-order valence-electron chi connectivity index (χ0n) is 7.77. The second kappa shape index (κ2) is 4.22. The Labute approximate surface area is 90.1 Å². The van der Waals surface area contributed by atoms with E-state index in [0.717, 1.165) is 11.5 Å². The Bertz CT molecular complexity index is 457. The maximum atomic E-state index is 13.2. The molecule has 0 saturated heterocycles. The molecule has 1 aromatic heterocycles. The molecule has 0 fully saturated rings. The van der Waals surface area contributed by atoms with Gasteiger partial charge in [-0.3, -0.25) is 0 Å². The molecule has 0 unspecified atom stereocenters. The third kappa shape index (κ3) is 2.41. The van der Waals surface area contributed by atoms with Crippen LogP contribution in [0.1, 0.15) is 5.56 Å². The first-order chi connectivity index (χ1) is 7.25. The summed E-state index contributed by atoms with van der Waals surface area (Å²) in [6, 6.07) is 6.58. The number of anilines is 2. The molecule has 0 aliphatic carbocycles. The average molecular weight is 224 g/mol. The van der Waals surface area contributed by atoms with E-state index in [1.54, 1.807) is 18.2 Å². The topological polar surface area (TPSA) is 63.8 Å². The van der Waals surface area contributed by atoms with Crippen molar-refractivity contribution in [3.63, 3.8) is 0 Å². The van der Waals surface area contributed by atoms with Crippen molar-refractivity contribution >= 4 is 22.6 Å². The number of hydrogen-bond donors (Lipinski definition) is 2. The van der Waals surface area contributed by atoms with Gasteiger partial charge in [-0.1, -0.05) is 18.2 Å². The van der Waals surface area contributed by atoms with E-state index in [1.807, 2.05) is 0 Å². The van der Waals surface area contributed by atoms with Crippen molar-refractivity contribution < 1.29 is 4.39 Å². The van der Waals surface area contributed by atoms with Crippen LogP contribution in [0.2, 0.25) is 0 Å². The number of nitrogens with one attached hydrogen (secondary N) is 1. The van der Waals surface area contributed by atoms with Crippen LogP contribution >= 0.6 is 11.5 Å². The number of nitrogens with zero attached hydrogens (tertiary/aromatic N) is 2. The maximum Gasteiger partial charge on any atom is 0.233 e. The van der Waals surface area contributed by atoms with Gasteiger partial charge in [0.1, 0.15) is 5.82 Å². The van der Waals surface area contributed by atoms with Gasteiger partial charge >= 0.3 is 0 Å². The van der Waals surface area contributed by atoms with Gasteiger partial charge in [0.15, 0.2) is 0 Å². The molecule has 0 radical (unpaired) electrons. The van der Waals surface area contributed by atoms with Crippen LogP contribution < -0.4 is 11.1 Å². The third-order valence-corrected chi connectivity index (χ3v) is 2.52. The number of nitrogens with two attached hydrogens (primary N) is 1. The molecular weight excluding hydrogens is 215 g/mol. The SMILES string of the molecule is Nc1nsc(NCc2ccccc2F)n1. The number of halogens is 1. The molecular formula is C9H9FN4S. The number of nitrogen functional groups attached to an aromatic ring is 1. The number of rotatable bonds is 3. The van der Waals surface area contributed by atoms with Crippen molar-refractivity contribution in [1.29, 1.82) is 0 Å². The van der Waals surface area contributed by atoms with Gasteiger partial charge in [-0.15, -0.1) is 0 Å². The molecule has 0 amide bonds. The van der Waals surface area contributed by atoms with Gasteiger partial charge in [0.2, 0.25) is 11.1 Å². The van der Waals surface area contributed by atoms with Gasteiger partial charge in [-0.25, -0.2) is 4.39 Å². The molecule has 1 heterocycles. The molecule has 1 aromatic carbocycles. The minimum Gasteiger partial charge on any atom is -0.367 e. The first-order valence-electron chi connectivity index (χ1n) is 4.32. The van der Waals surface area contributed by atoms with Crippen LogP contribution in [0.4, 0.5) is 15.5 Å². The summed E-state index contributed by atoms with van der Waals surface area (Å²) in [4.78, 5) is 3.91. The highest BCUT2D eigenvalue weighted by molar-refractivity contribution is 7.09. The van der Waals surface area contributed by atoms with Gasteiger partial charge in [-0.05, 0) is 6.07 Å². The summed E-state index contributed by atoms with van der Waals surface area (Å²) in [6.07, 6.45) is 0. The Balaban J connectivity index is 2.02. The molecule has 0 saturated carbocycles. The predicted octanol–water partition coefficient (Wildman–Crippen LogP) is 1.87. The zero-order chi connectivity index (χ0) is 10.7. The lowest BCUT2D eigenvalue weighted by Gasteiger charge is -2.02. The molecule has 2 rings (SSSR count). The molecule has 2 aromatic rings. The lowest BCUT2D eigenvalue weighted by Crippen LogP contribution is -2.01. The van der Waals surface area contributed by atoms with Gasteiger partial charge in [0.25, 0.3) is 0 Å². The van der Waals surface area contributed by atoms with Gasteiger partial charge in [0.05, 0.1) is 0 Å². The minimum atomic E-state index is -0.234. The highest BCUT2D eigenvalue weighted by atomic mass is 32.1. The van der Waals surface area contributed by atoms with Crippen molar-refractivity contribution in [2.45, 2.75) is 6.54 Å². The van der Waals surface area contributed by atoms with Crippen molar-refractivity contribution in [2.24, 2.45) is 0 Å². The van der Waals surface area contributed by atoms with Crippen LogP contribution in [0, 0.1) is 5.82 Å². The second-order valence-corrected chi connectivity index (χ2v) is 3.65. The second-order valence-electron chi connectivity index (χ2n) is 2.90. The molecule has 0 spiro atoms. The molecule has 3 N–H and O–H groups in total. The van der Waals surface area contributed by atoms with E-state index in [9.17, 15) is 4.39 Å². The first kappa shape index (κ1) is 9.85. The Kier molecular flexibility index (Phi) is 2.77. The Morgan fingerprint density at radius 3 is 2.87 bits per heavy atom.